The number of para-hydroxylation sites is 1. The zero-order chi connectivity index (χ0) is 25.1. The summed E-state index contributed by atoms with van der Waals surface area (Å²) in [5.41, 5.74) is -1.86. The highest BCUT2D eigenvalue weighted by atomic mass is 19.4. The number of carboxylic acids is 1. The van der Waals surface area contributed by atoms with E-state index in [0.29, 0.717) is 17.1 Å². The second-order valence-electron chi connectivity index (χ2n) is 8.54. The molecule has 3 atom stereocenters. The van der Waals surface area contributed by atoms with Crippen LogP contribution in [0.3, 0.4) is 0 Å². The summed E-state index contributed by atoms with van der Waals surface area (Å²) in [5, 5.41) is 10.2. The summed E-state index contributed by atoms with van der Waals surface area (Å²) >= 11 is 0. The van der Waals surface area contributed by atoms with Crippen LogP contribution in [0.4, 0.5) is 13.2 Å². The Hall–Kier alpha value is -3.73. The quantitative estimate of drug-likeness (QED) is 0.308. The van der Waals surface area contributed by atoms with Gasteiger partial charge in [0.2, 0.25) is 0 Å². The molecule has 0 amide bonds. The minimum absolute atomic E-state index is 0.464. The number of carbonyl (C=O) groups is 2. The van der Waals surface area contributed by atoms with Crippen LogP contribution in [-0.4, -0.2) is 29.8 Å². The van der Waals surface area contributed by atoms with Crippen LogP contribution in [0, 0.1) is 29.1 Å². The molecule has 0 heterocycles. The van der Waals surface area contributed by atoms with Crippen molar-refractivity contribution in [3.8, 4) is 23.8 Å². The number of carboxylic acid groups (broad SMARTS) is 1. The molecule has 0 bridgehead atoms. The van der Waals surface area contributed by atoms with Gasteiger partial charge in [0.05, 0.1) is 11.3 Å². The summed E-state index contributed by atoms with van der Waals surface area (Å²) < 4.78 is 46.8. The van der Waals surface area contributed by atoms with Crippen molar-refractivity contribution in [3.63, 3.8) is 0 Å². The predicted molar refractivity (Wildman–Crippen MR) is 118 cm³/mol. The van der Waals surface area contributed by atoms with Crippen molar-refractivity contribution >= 4 is 11.9 Å². The van der Waals surface area contributed by atoms with Crippen molar-refractivity contribution in [2.45, 2.75) is 25.9 Å². The van der Waals surface area contributed by atoms with Crippen LogP contribution in [0.25, 0.3) is 0 Å². The van der Waals surface area contributed by atoms with E-state index >= 15 is 0 Å². The summed E-state index contributed by atoms with van der Waals surface area (Å²) in [6.45, 7) is 1.65. The average molecular weight is 472 g/mol. The van der Waals surface area contributed by atoms with Gasteiger partial charge in [0.25, 0.3) is 0 Å². The van der Waals surface area contributed by atoms with Gasteiger partial charge >= 0.3 is 18.1 Å². The molecule has 1 saturated carbocycles. The van der Waals surface area contributed by atoms with Crippen molar-refractivity contribution in [3.05, 3.63) is 72.3 Å². The van der Waals surface area contributed by atoms with Crippen molar-refractivity contribution in [1.29, 1.82) is 0 Å². The first-order valence-electron chi connectivity index (χ1n) is 10.4. The molecule has 2 aromatic carbocycles. The standard InChI is InChI=1S/C26H23F3O5/c1-4-20(17-9-8-12-19(15-17)34-18-10-6-5-7-11-18)26(23(31)32)21(24(26,2)3)13-14-22(30)33-16-25(27,28)29/h1,5-15,20-21H,16H2,2-3H3,(H,31,32)/t20?,21-,26+/m0/s1. The van der Waals surface area contributed by atoms with Crippen molar-refractivity contribution in [1.82, 2.24) is 0 Å². The SMILES string of the molecule is C#CC(c1cccc(Oc2ccccc2)c1)[C@]1(C(=O)O)[C@@H](C=CC(=O)OCC(F)(F)F)C1(C)C. The number of aliphatic carboxylic acids is 1. The monoisotopic (exact) mass is 472 g/mol. The molecule has 0 radical (unpaired) electrons. The van der Waals surface area contributed by atoms with Crippen LogP contribution >= 0.6 is 0 Å². The lowest BCUT2D eigenvalue weighted by Gasteiger charge is -2.23. The van der Waals surface area contributed by atoms with Gasteiger partial charge in [-0.1, -0.05) is 56.2 Å². The van der Waals surface area contributed by atoms with E-state index in [-0.39, 0.29) is 0 Å². The van der Waals surface area contributed by atoms with Crippen LogP contribution in [0.5, 0.6) is 11.5 Å². The van der Waals surface area contributed by atoms with E-state index in [4.69, 9.17) is 11.2 Å². The normalized spacial score (nSPS) is 21.9. The molecular formula is C26H23F3O5. The van der Waals surface area contributed by atoms with E-state index in [1.807, 2.05) is 18.2 Å². The molecule has 3 rings (SSSR count). The zero-order valence-electron chi connectivity index (χ0n) is 18.5. The number of hydrogen-bond acceptors (Lipinski definition) is 4. The fourth-order valence-corrected chi connectivity index (χ4v) is 4.56. The Bertz CT molecular complexity index is 1130. The average Bonchev–Trinajstić information content (AvgIpc) is 3.27. The molecule has 0 spiro atoms. The van der Waals surface area contributed by atoms with Gasteiger partial charge in [-0.2, -0.15) is 13.2 Å². The molecule has 1 aliphatic carbocycles. The smallest absolute Gasteiger partial charge is 0.422 e. The highest BCUT2D eigenvalue weighted by Gasteiger charge is 2.78. The zero-order valence-corrected chi connectivity index (χ0v) is 18.5. The largest absolute Gasteiger partial charge is 0.481 e. The van der Waals surface area contributed by atoms with Crippen molar-refractivity contribution in [2.24, 2.45) is 16.7 Å². The fraction of sp³-hybridized carbons (Fsp3) is 0.308. The molecule has 2 aromatic rings. The lowest BCUT2D eigenvalue weighted by atomic mass is 9.78. The number of alkyl halides is 3. The number of halogens is 3. The molecule has 1 fully saturated rings. The topological polar surface area (TPSA) is 72.8 Å². The summed E-state index contributed by atoms with van der Waals surface area (Å²) in [7, 11) is 0. The third-order valence-electron chi connectivity index (χ3n) is 6.20. The number of terminal acetylenes is 1. The maximum absolute atomic E-state index is 12.5. The molecule has 8 heteroatoms. The Morgan fingerprint density at radius 1 is 1.15 bits per heavy atom. The second kappa shape index (κ2) is 9.26. The summed E-state index contributed by atoms with van der Waals surface area (Å²) in [4.78, 5) is 24.3. The van der Waals surface area contributed by atoms with Gasteiger partial charge in [0.15, 0.2) is 6.61 Å². The van der Waals surface area contributed by atoms with Crippen LogP contribution in [0.15, 0.2) is 66.7 Å². The Kier molecular flexibility index (Phi) is 6.78. The molecule has 178 valence electrons. The van der Waals surface area contributed by atoms with Crippen LogP contribution in [0.2, 0.25) is 0 Å². The molecule has 0 saturated heterocycles. The van der Waals surface area contributed by atoms with Crippen LogP contribution < -0.4 is 4.74 Å². The van der Waals surface area contributed by atoms with Crippen LogP contribution in [-0.2, 0) is 14.3 Å². The van der Waals surface area contributed by atoms with Crippen molar-refractivity contribution < 1.29 is 37.3 Å². The predicted octanol–water partition coefficient (Wildman–Crippen LogP) is 5.58. The summed E-state index contributed by atoms with van der Waals surface area (Å²) in [5.74, 6) is -0.382. The molecular weight excluding hydrogens is 449 g/mol. The first-order chi connectivity index (χ1) is 15.9. The van der Waals surface area contributed by atoms with E-state index in [9.17, 15) is 27.9 Å². The number of carbonyl (C=O) groups excluding carboxylic acids is 1. The van der Waals surface area contributed by atoms with E-state index in [1.54, 1.807) is 50.2 Å². The highest BCUT2D eigenvalue weighted by molar-refractivity contribution is 5.86. The first-order valence-corrected chi connectivity index (χ1v) is 10.4. The summed E-state index contributed by atoms with van der Waals surface area (Å²) in [6.07, 6.45) is 3.24. The maximum atomic E-state index is 12.5. The van der Waals surface area contributed by atoms with Gasteiger partial charge in [-0.25, -0.2) is 4.79 Å². The Labute approximate surface area is 195 Å². The molecule has 0 aromatic heterocycles. The Morgan fingerprint density at radius 3 is 2.38 bits per heavy atom. The van der Waals surface area contributed by atoms with E-state index in [0.717, 1.165) is 6.08 Å². The second-order valence-corrected chi connectivity index (χ2v) is 8.54. The van der Waals surface area contributed by atoms with Gasteiger partial charge in [-0.15, -0.1) is 6.42 Å². The number of esters is 1. The van der Waals surface area contributed by atoms with Gasteiger partial charge in [0.1, 0.15) is 11.5 Å². The lowest BCUT2D eigenvalue weighted by molar-refractivity contribution is -0.182. The van der Waals surface area contributed by atoms with Crippen molar-refractivity contribution in [2.75, 3.05) is 6.61 Å². The van der Waals surface area contributed by atoms with E-state index in [2.05, 4.69) is 10.7 Å². The van der Waals surface area contributed by atoms with Crippen LogP contribution in [0.1, 0.15) is 25.3 Å². The number of allylic oxidation sites excluding steroid dienone is 1. The van der Waals surface area contributed by atoms with Gasteiger partial charge in [0, 0.05) is 12.0 Å². The first kappa shape index (κ1) is 24.9. The fourth-order valence-electron chi connectivity index (χ4n) is 4.56. The highest BCUT2D eigenvalue weighted by Crippen LogP contribution is 2.75. The number of ether oxygens (including phenoxy) is 2. The minimum Gasteiger partial charge on any atom is -0.481 e. The molecule has 1 N–H and O–H groups in total. The molecule has 34 heavy (non-hydrogen) atoms. The number of benzene rings is 2. The molecule has 1 unspecified atom stereocenters. The molecule has 1 aliphatic rings. The van der Waals surface area contributed by atoms with Gasteiger partial charge in [-0.3, -0.25) is 4.79 Å². The minimum atomic E-state index is -4.66. The lowest BCUT2D eigenvalue weighted by Crippen LogP contribution is -2.28. The van der Waals surface area contributed by atoms with E-state index < -0.39 is 47.4 Å². The summed E-state index contributed by atoms with van der Waals surface area (Å²) in [6, 6.07) is 15.8. The van der Waals surface area contributed by atoms with E-state index in [1.165, 1.54) is 6.08 Å². The van der Waals surface area contributed by atoms with Gasteiger partial charge < -0.3 is 14.6 Å². The third-order valence-corrected chi connectivity index (χ3v) is 6.20. The third kappa shape index (κ3) is 4.79. The molecule has 0 aliphatic heterocycles. The Balaban J connectivity index is 1.89. The Morgan fingerprint density at radius 2 is 1.79 bits per heavy atom. The molecule has 5 nitrogen and oxygen atoms in total. The van der Waals surface area contributed by atoms with Gasteiger partial charge in [-0.05, 0) is 35.2 Å². The maximum Gasteiger partial charge on any atom is 0.422 e. The number of hydrogen-bond donors (Lipinski definition) is 1. The number of rotatable bonds is 8.